The van der Waals surface area contributed by atoms with Gasteiger partial charge in [0, 0.05) is 19.2 Å². The van der Waals surface area contributed by atoms with Crippen LogP contribution in [0.5, 0.6) is 0 Å². The fraction of sp³-hybridized carbons (Fsp3) is 0.533. The summed E-state index contributed by atoms with van der Waals surface area (Å²) in [6, 6.07) is 7.79. The predicted molar refractivity (Wildman–Crippen MR) is 83.2 cm³/mol. The summed E-state index contributed by atoms with van der Waals surface area (Å²) >= 11 is 0. The van der Waals surface area contributed by atoms with Crippen LogP contribution in [0.15, 0.2) is 24.3 Å². The molecule has 1 aliphatic heterocycles. The van der Waals surface area contributed by atoms with Gasteiger partial charge < -0.3 is 15.4 Å². The highest BCUT2D eigenvalue weighted by Crippen LogP contribution is 2.16. The molecule has 1 aliphatic rings. The van der Waals surface area contributed by atoms with Crippen molar-refractivity contribution < 1.29 is 9.53 Å². The van der Waals surface area contributed by atoms with Gasteiger partial charge in [-0.15, -0.1) is 12.4 Å². The number of rotatable bonds is 6. The summed E-state index contributed by atoms with van der Waals surface area (Å²) in [4.78, 5) is 11.9. The second-order valence-corrected chi connectivity index (χ2v) is 5.08. The van der Waals surface area contributed by atoms with E-state index in [2.05, 4.69) is 10.6 Å². The van der Waals surface area contributed by atoms with Crippen LogP contribution >= 0.6 is 12.4 Å². The van der Waals surface area contributed by atoms with E-state index in [1.165, 1.54) is 6.42 Å². The third kappa shape index (κ3) is 5.49. The normalized spacial score (nSPS) is 17.6. The number of methoxy groups -OCH3 is 1. The van der Waals surface area contributed by atoms with Gasteiger partial charge in [0.05, 0.1) is 6.61 Å². The van der Waals surface area contributed by atoms with Gasteiger partial charge in [0.25, 0.3) is 0 Å². The molecule has 1 saturated heterocycles. The third-order valence-electron chi connectivity index (χ3n) is 3.46. The minimum atomic E-state index is 0. The molecule has 1 aromatic carbocycles. The molecule has 0 aromatic heterocycles. The minimum Gasteiger partial charge on any atom is -0.380 e. The monoisotopic (exact) mass is 298 g/mol. The lowest BCUT2D eigenvalue weighted by atomic mass is 10.0. The Morgan fingerprint density at radius 1 is 1.50 bits per heavy atom. The Balaban J connectivity index is 0.00000200. The first-order valence-corrected chi connectivity index (χ1v) is 6.86. The first-order valence-electron chi connectivity index (χ1n) is 6.86. The van der Waals surface area contributed by atoms with Gasteiger partial charge in [0.15, 0.2) is 0 Å². The number of hydrogen-bond donors (Lipinski definition) is 2. The van der Waals surface area contributed by atoms with Crippen molar-refractivity contribution in [3.8, 4) is 0 Å². The second kappa shape index (κ2) is 8.95. The van der Waals surface area contributed by atoms with E-state index in [1.807, 2.05) is 24.3 Å². The Kier molecular flexibility index (Phi) is 7.59. The molecule has 0 aliphatic carbocycles. The lowest BCUT2D eigenvalue weighted by Crippen LogP contribution is -2.15. The van der Waals surface area contributed by atoms with Crippen LogP contribution in [0.2, 0.25) is 0 Å². The van der Waals surface area contributed by atoms with E-state index in [4.69, 9.17) is 4.74 Å². The predicted octanol–water partition coefficient (Wildman–Crippen LogP) is 2.58. The van der Waals surface area contributed by atoms with Gasteiger partial charge in [-0.25, -0.2) is 0 Å². The number of halogens is 1. The summed E-state index contributed by atoms with van der Waals surface area (Å²) < 4.78 is 5.08. The molecule has 0 radical (unpaired) electrons. The van der Waals surface area contributed by atoms with Gasteiger partial charge in [-0.05, 0) is 49.5 Å². The van der Waals surface area contributed by atoms with Crippen molar-refractivity contribution in [2.24, 2.45) is 5.92 Å². The number of carbonyl (C=O) groups excluding carboxylic acids is 1. The Labute approximate surface area is 126 Å². The summed E-state index contributed by atoms with van der Waals surface area (Å²) in [6.07, 6.45) is 2.76. The molecular formula is C15H23ClN2O2. The van der Waals surface area contributed by atoms with Crippen LogP contribution in [0, 0.1) is 5.92 Å². The number of benzene rings is 1. The zero-order valence-electron chi connectivity index (χ0n) is 11.9. The molecule has 5 heteroatoms. The molecule has 4 nitrogen and oxygen atoms in total. The van der Waals surface area contributed by atoms with E-state index in [0.717, 1.165) is 30.8 Å². The molecule has 0 spiro atoms. The maximum atomic E-state index is 11.9. The fourth-order valence-corrected chi connectivity index (χ4v) is 2.43. The van der Waals surface area contributed by atoms with Crippen LogP contribution < -0.4 is 10.6 Å². The second-order valence-electron chi connectivity index (χ2n) is 5.08. The zero-order valence-corrected chi connectivity index (χ0v) is 12.7. The van der Waals surface area contributed by atoms with Crippen molar-refractivity contribution >= 4 is 24.0 Å². The molecule has 20 heavy (non-hydrogen) atoms. The number of carbonyl (C=O) groups is 1. The summed E-state index contributed by atoms with van der Waals surface area (Å²) in [6.45, 7) is 2.71. The number of ether oxygens (including phenoxy) is 1. The van der Waals surface area contributed by atoms with Crippen molar-refractivity contribution in [2.75, 3.05) is 25.5 Å². The van der Waals surface area contributed by atoms with Crippen molar-refractivity contribution in [3.05, 3.63) is 29.8 Å². The molecule has 1 atom stereocenters. The maximum absolute atomic E-state index is 11.9. The van der Waals surface area contributed by atoms with Crippen LogP contribution in [-0.4, -0.2) is 26.1 Å². The molecule has 1 aromatic rings. The largest absolute Gasteiger partial charge is 0.380 e. The summed E-state index contributed by atoms with van der Waals surface area (Å²) in [5, 5.41) is 6.27. The van der Waals surface area contributed by atoms with Gasteiger partial charge in [-0.2, -0.15) is 0 Å². The van der Waals surface area contributed by atoms with E-state index in [-0.39, 0.29) is 18.3 Å². The molecule has 2 rings (SSSR count). The Morgan fingerprint density at radius 3 is 3.05 bits per heavy atom. The molecule has 1 amide bonds. The van der Waals surface area contributed by atoms with Crippen LogP contribution in [-0.2, 0) is 16.1 Å². The molecule has 1 unspecified atom stereocenters. The fourth-order valence-electron chi connectivity index (χ4n) is 2.43. The topological polar surface area (TPSA) is 50.4 Å². The average molecular weight is 299 g/mol. The summed E-state index contributed by atoms with van der Waals surface area (Å²) in [5.41, 5.74) is 1.92. The number of anilines is 1. The first-order chi connectivity index (χ1) is 9.28. The molecule has 0 saturated carbocycles. The minimum absolute atomic E-state index is 0. The number of nitrogens with one attached hydrogen (secondary N) is 2. The van der Waals surface area contributed by atoms with Gasteiger partial charge in [0.2, 0.25) is 5.91 Å². The molecule has 1 heterocycles. The van der Waals surface area contributed by atoms with Crippen LogP contribution in [0.4, 0.5) is 5.69 Å². The van der Waals surface area contributed by atoms with Crippen molar-refractivity contribution in [3.63, 3.8) is 0 Å². The van der Waals surface area contributed by atoms with Gasteiger partial charge in [-0.1, -0.05) is 12.1 Å². The van der Waals surface area contributed by atoms with E-state index in [1.54, 1.807) is 7.11 Å². The quantitative estimate of drug-likeness (QED) is 0.849. The first kappa shape index (κ1) is 17.0. The molecule has 1 fully saturated rings. The molecular weight excluding hydrogens is 276 g/mol. The van der Waals surface area contributed by atoms with E-state index < -0.39 is 0 Å². The third-order valence-corrected chi connectivity index (χ3v) is 3.46. The molecule has 0 bridgehead atoms. The van der Waals surface area contributed by atoms with E-state index in [0.29, 0.717) is 18.9 Å². The van der Waals surface area contributed by atoms with Gasteiger partial charge in [-0.3, -0.25) is 4.79 Å². The Hall–Kier alpha value is -1.10. The van der Waals surface area contributed by atoms with Gasteiger partial charge in [0.1, 0.15) is 0 Å². The number of amides is 1. The van der Waals surface area contributed by atoms with E-state index in [9.17, 15) is 4.79 Å². The Bertz CT molecular complexity index is 420. The van der Waals surface area contributed by atoms with Crippen LogP contribution in [0.1, 0.15) is 24.8 Å². The van der Waals surface area contributed by atoms with Crippen LogP contribution in [0.25, 0.3) is 0 Å². The SMILES string of the molecule is COCc1cccc(NC(=O)CCC2CCNC2)c1.Cl. The lowest BCUT2D eigenvalue weighted by Gasteiger charge is -2.09. The van der Waals surface area contributed by atoms with Gasteiger partial charge >= 0.3 is 0 Å². The average Bonchev–Trinajstić information content (AvgIpc) is 2.90. The van der Waals surface area contributed by atoms with Crippen molar-refractivity contribution in [2.45, 2.75) is 25.9 Å². The Morgan fingerprint density at radius 2 is 2.35 bits per heavy atom. The van der Waals surface area contributed by atoms with Crippen molar-refractivity contribution in [1.82, 2.24) is 5.32 Å². The smallest absolute Gasteiger partial charge is 0.224 e. The number of hydrogen-bond acceptors (Lipinski definition) is 3. The van der Waals surface area contributed by atoms with Crippen molar-refractivity contribution in [1.29, 1.82) is 0 Å². The highest BCUT2D eigenvalue weighted by Gasteiger charge is 2.15. The zero-order chi connectivity index (χ0) is 13.5. The summed E-state index contributed by atoms with van der Waals surface area (Å²) in [5.74, 6) is 0.757. The van der Waals surface area contributed by atoms with E-state index >= 15 is 0 Å². The summed E-state index contributed by atoms with van der Waals surface area (Å²) in [7, 11) is 1.67. The highest BCUT2D eigenvalue weighted by molar-refractivity contribution is 5.90. The molecule has 2 N–H and O–H groups in total. The molecule has 112 valence electrons. The highest BCUT2D eigenvalue weighted by atomic mass is 35.5. The van der Waals surface area contributed by atoms with Crippen LogP contribution in [0.3, 0.4) is 0 Å². The maximum Gasteiger partial charge on any atom is 0.224 e. The lowest BCUT2D eigenvalue weighted by molar-refractivity contribution is -0.116. The standard InChI is InChI=1S/C15H22N2O2.ClH/c1-19-11-13-3-2-4-14(9-13)17-15(18)6-5-12-7-8-16-10-12;/h2-4,9,12,16H,5-8,10-11H2,1H3,(H,17,18);1H.